The second-order valence-electron chi connectivity index (χ2n) is 2.79. The summed E-state index contributed by atoms with van der Waals surface area (Å²) < 4.78 is 0. The Labute approximate surface area is 67.2 Å². The van der Waals surface area contributed by atoms with Crippen LogP contribution in [0.4, 0.5) is 0 Å². The molecule has 0 aliphatic heterocycles. The summed E-state index contributed by atoms with van der Waals surface area (Å²) in [5, 5.41) is 0. The van der Waals surface area contributed by atoms with Crippen LogP contribution in [-0.4, -0.2) is 6.17 Å². The quantitative estimate of drug-likeness (QED) is 0.612. The molecule has 0 spiro atoms. The van der Waals surface area contributed by atoms with Crippen molar-refractivity contribution < 1.29 is 0 Å². The van der Waals surface area contributed by atoms with E-state index in [1.165, 1.54) is 11.1 Å². The molecule has 0 aliphatic carbocycles. The van der Waals surface area contributed by atoms with E-state index in [1.807, 2.05) is 12.1 Å². The predicted molar refractivity (Wildman–Crippen MR) is 47.0 cm³/mol. The molecular weight excluding hydrogens is 136 g/mol. The van der Waals surface area contributed by atoms with Crippen LogP contribution in [0.2, 0.25) is 0 Å². The lowest BCUT2D eigenvalue weighted by Crippen LogP contribution is -2.32. The van der Waals surface area contributed by atoms with Crippen molar-refractivity contribution in [2.45, 2.75) is 19.5 Å². The van der Waals surface area contributed by atoms with Crippen LogP contribution in [0, 0.1) is 6.92 Å². The summed E-state index contributed by atoms with van der Waals surface area (Å²) in [6.07, 6.45) is 0.517. The summed E-state index contributed by atoms with van der Waals surface area (Å²) in [4.78, 5) is 0. The number of nitrogens with two attached hydrogens (primary N) is 2. The van der Waals surface area contributed by atoms with Crippen molar-refractivity contribution >= 4 is 0 Å². The first kappa shape index (κ1) is 8.24. The molecule has 0 aromatic heterocycles. The van der Waals surface area contributed by atoms with Gasteiger partial charge in [-0.1, -0.05) is 24.3 Å². The lowest BCUT2D eigenvalue weighted by Gasteiger charge is -2.07. The van der Waals surface area contributed by atoms with Gasteiger partial charge in [0.1, 0.15) is 0 Å². The Morgan fingerprint density at radius 1 is 1.27 bits per heavy atom. The molecule has 1 rings (SSSR count). The minimum atomic E-state index is -0.240. The zero-order chi connectivity index (χ0) is 8.27. The zero-order valence-electron chi connectivity index (χ0n) is 6.75. The molecular formula is C9H14N2. The molecule has 0 bridgehead atoms. The molecule has 1 aromatic carbocycles. The maximum absolute atomic E-state index is 5.47. The van der Waals surface area contributed by atoms with Crippen LogP contribution in [-0.2, 0) is 6.42 Å². The number of rotatable bonds is 2. The lowest BCUT2D eigenvalue weighted by atomic mass is 10.1. The molecule has 2 heteroatoms. The van der Waals surface area contributed by atoms with Gasteiger partial charge in [-0.15, -0.1) is 0 Å². The highest BCUT2D eigenvalue weighted by Gasteiger charge is 1.99. The van der Waals surface area contributed by atoms with Crippen LogP contribution in [0.15, 0.2) is 24.3 Å². The van der Waals surface area contributed by atoms with E-state index in [4.69, 9.17) is 11.5 Å². The largest absolute Gasteiger partial charge is 0.316 e. The molecule has 0 heterocycles. The Kier molecular flexibility index (Phi) is 2.63. The van der Waals surface area contributed by atoms with Gasteiger partial charge in [0.15, 0.2) is 0 Å². The minimum Gasteiger partial charge on any atom is -0.316 e. The van der Waals surface area contributed by atoms with Gasteiger partial charge >= 0.3 is 0 Å². The minimum absolute atomic E-state index is 0.240. The Morgan fingerprint density at radius 3 is 2.45 bits per heavy atom. The average Bonchev–Trinajstić information content (AvgIpc) is 1.93. The molecule has 0 saturated heterocycles. The van der Waals surface area contributed by atoms with E-state index in [1.54, 1.807) is 0 Å². The number of benzene rings is 1. The first-order chi connectivity index (χ1) is 5.20. The van der Waals surface area contributed by atoms with Gasteiger partial charge in [0.05, 0.1) is 6.17 Å². The molecule has 0 aliphatic rings. The van der Waals surface area contributed by atoms with Crippen molar-refractivity contribution in [1.82, 2.24) is 0 Å². The van der Waals surface area contributed by atoms with Crippen LogP contribution in [0.1, 0.15) is 11.1 Å². The Hall–Kier alpha value is -0.860. The first-order valence-corrected chi connectivity index (χ1v) is 3.76. The molecule has 2 nitrogen and oxygen atoms in total. The van der Waals surface area contributed by atoms with E-state index >= 15 is 0 Å². The fraction of sp³-hybridized carbons (Fsp3) is 0.333. The van der Waals surface area contributed by atoms with E-state index in [0.29, 0.717) is 0 Å². The highest BCUT2D eigenvalue weighted by Crippen LogP contribution is 2.07. The maximum Gasteiger partial charge on any atom is 0.0562 e. The molecule has 0 amide bonds. The van der Waals surface area contributed by atoms with Crippen LogP contribution in [0.25, 0.3) is 0 Å². The smallest absolute Gasteiger partial charge is 0.0562 e. The van der Waals surface area contributed by atoms with E-state index in [0.717, 1.165) is 6.42 Å². The third kappa shape index (κ3) is 2.33. The van der Waals surface area contributed by atoms with Crippen LogP contribution in [0.3, 0.4) is 0 Å². The van der Waals surface area contributed by atoms with Gasteiger partial charge in [0.2, 0.25) is 0 Å². The standard InChI is InChI=1S/C9H14N2/c1-7-4-2-3-5-8(7)6-9(10)11/h2-5,9H,6,10-11H2,1H3. The monoisotopic (exact) mass is 150 g/mol. The number of hydrogen-bond donors (Lipinski definition) is 2. The molecule has 11 heavy (non-hydrogen) atoms. The molecule has 0 fully saturated rings. The van der Waals surface area contributed by atoms with E-state index in [-0.39, 0.29) is 6.17 Å². The molecule has 0 radical (unpaired) electrons. The van der Waals surface area contributed by atoms with Gasteiger partial charge in [0, 0.05) is 6.42 Å². The third-order valence-corrected chi connectivity index (χ3v) is 1.72. The molecule has 0 atom stereocenters. The Balaban J connectivity index is 2.78. The Bertz CT molecular complexity index is 231. The Morgan fingerprint density at radius 2 is 1.91 bits per heavy atom. The molecule has 1 aromatic rings. The van der Waals surface area contributed by atoms with E-state index < -0.39 is 0 Å². The topological polar surface area (TPSA) is 52.0 Å². The summed E-state index contributed by atoms with van der Waals surface area (Å²) in [5.74, 6) is 0. The maximum atomic E-state index is 5.47. The van der Waals surface area contributed by atoms with Crippen LogP contribution < -0.4 is 11.5 Å². The summed E-state index contributed by atoms with van der Waals surface area (Å²) in [6, 6.07) is 8.14. The highest BCUT2D eigenvalue weighted by molar-refractivity contribution is 5.25. The van der Waals surface area contributed by atoms with Crippen molar-refractivity contribution in [3.05, 3.63) is 35.4 Å². The van der Waals surface area contributed by atoms with Crippen LogP contribution in [0.5, 0.6) is 0 Å². The van der Waals surface area contributed by atoms with E-state index in [2.05, 4.69) is 19.1 Å². The fourth-order valence-corrected chi connectivity index (χ4v) is 1.09. The molecule has 0 unspecified atom stereocenters. The summed E-state index contributed by atoms with van der Waals surface area (Å²) in [5.41, 5.74) is 13.4. The van der Waals surface area contributed by atoms with Crippen molar-refractivity contribution in [1.29, 1.82) is 0 Å². The SMILES string of the molecule is Cc1ccccc1CC(N)N. The highest BCUT2D eigenvalue weighted by atomic mass is 14.8. The average molecular weight is 150 g/mol. The lowest BCUT2D eigenvalue weighted by molar-refractivity contribution is 0.700. The number of hydrogen-bond acceptors (Lipinski definition) is 2. The zero-order valence-corrected chi connectivity index (χ0v) is 6.75. The second kappa shape index (κ2) is 3.51. The predicted octanol–water partition coefficient (Wildman–Crippen LogP) is 0.781. The van der Waals surface area contributed by atoms with Crippen molar-refractivity contribution in [3.8, 4) is 0 Å². The van der Waals surface area contributed by atoms with Gasteiger partial charge in [-0.05, 0) is 18.1 Å². The second-order valence-corrected chi connectivity index (χ2v) is 2.79. The first-order valence-electron chi connectivity index (χ1n) is 3.76. The fourth-order valence-electron chi connectivity index (χ4n) is 1.09. The summed E-state index contributed by atoms with van der Waals surface area (Å²) in [6.45, 7) is 2.07. The molecule has 60 valence electrons. The van der Waals surface area contributed by atoms with Gasteiger partial charge in [-0.25, -0.2) is 0 Å². The van der Waals surface area contributed by atoms with Gasteiger partial charge < -0.3 is 11.5 Å². The third-order valence-electron chi connectivity index (χ3n) is 1.72. The molecule has 4 N–H and O–H groups in total. The van der Waals surface area contributed by atoms with Crippen molar-refractivity contribution in [2.24, 2.45) is 11.5 Å². The van der Waals surface area contributed by atoms with E-state index in [9.17, 15) is 0 Å². The van der Waals surface area contributed by atoms with Gasteiger partial charge in [-0.2, -0.15) is 0 Å². The number of aryl methyl sites for hydroxylation is 1. The van der Waals surface area contributed by atoms with Crippen LogP contribution >= 0.6 is 0 Å². The summed E-state index contributed by atoms with van der Waals surface area (Å²) in [7, 11) is 0. The van der Waals surface area contributed by atoms with Gasteiger partial charge in [-0.3, -0.25) is 0 Å². The van der Waals surface area contributed by atoms with Crippen molar-refractivity contribution in [3.63, 3.8) is 0 Å². The normalized spacial score (nSPS) is 10.5. The van der Waals surface area contributed by atoms with Crippen molar-refractivity contribution in [2.75, 3.05) is 0 Å². The molecule has 0 saturated carbocycles. The summed E-state index contributed by atoms with van der Waals surface area (Å²) >= 11 is 0. The van der Waals surface area contributed by atoms with Gasteiger partial charge in [0.25, 0.3) is 0 Å².